The van der Waals surface area contributed by atoms with Crippen LogP contribution in [-0.2, 0) is 9.53 Å². The maximum absolute atomic E-state index is 11.4. The Balaban J connectivity index is 2.80. The van der Waals surface area contributed by atoms with Gasteiger partial charge in [0.2, 0.25) is 0 Å². The van der Waals surface area contributed by atoms with Gasteiger partial charge in [0.1, 0.15) is 0 Å². The molecule has 2 heteroatoms. The molecule has 0 aliphatic carbocycles. The van der Waals surface area contributed by atoms with Crippen LogP contribution in [0.25, 0.3) is 0 Å². The third-order valence-electron chi connectivity index (χ3n) is 2.93. The van der Waals surface area contributed by atoms with Crippen molar-refractivity contribution in [3.63, 3.8) is 0 Å². The molecule has 1 rings (SSSR count). The zero-order valence-corrected chi connectivity index (χ0v) is 9.78. The van der Waals surface area contributed by atoms with Crippen LogP contribution < -0.4 is 0 Å². The molecular weight excluding hydrogens is 188 g/mol. The molecule has 2 nitrogen and oxygen atoms in total. The Morgan fingerprint density at radius 3 is 2.20 bits per heavy atom. The van der Waals surface area contributed by atoms with Gasteiger partial charge in [-0.1, -0.05) is 43.7 Å². The van der Waals surface area contributed by atoms with Crippen LogP contribution in [0.5, 0.6) is 0 Å². The van der Waals surface area contributed by atoms with E-state index in [0.717, 1.165) is 0 Å². The summed E-state index contributed by atoms with van der Waals surface area (Å²) in [6.45, 7) is 6.00. The van der Waals surface area contributed by atoms with Crippen molar-refractivity contribution >= 4 is 5.97 Å². The maximum atomic E-state index is 11.4. The molecule has 15 heavy (non-hydrogen) atoms. The third kappa shape index (κ3) is 2.82. The molecule has 0 saturated carbocycles. The number of methoxy groups -OCH3 is 1. The first kappa shape index (κ1) is 11.8. The third-order valence-corrected chi connectivity index (χ3v) is 2.93. The molecule has 0 amide bonds. The predicted molar refractivity (Wildman–Crippen MR) is 60.8 cm³/mol. The first-order valence-corrected chi connectivity index (χ1v) is 5.20. The molecule has 0 aliphatic rings. The standard InChI is InChI=1S/C13H18O2/c1-9-5-7-12(8-6-9)10(2)11(3)13(14)15-4/h5-8,10-11H,1-4H3. The Hall–Kier alpha value is -1.31. The molecule has 2 atom stereocenters. The normalized spacial score (nSPS) is 14.4. The second-order valence-corrected chi connectivity index (χ2v) is 4.01. The molecule has 2 unspecified atom stereocenters. The molecular formula is C13H18O2. The van der Waals surface area contributed by atoms with Crippen molar-refractivity contribution in [1.29, 1.82) is 0 Å². The summed E-state index contributed by atoms with van der Waals surface area (Å²) < 4.78 is 4.74. The number of esters is 1. The van der Waals surface area contributed by atoms with Crippen LogP contribution >= 0.6 is 0 Å². The van der Waals surface area contributed by atoms with Crippen molar-refractivity contribution in [3.8, 4) is 0 Å². The second-order valence-electron chi connectivity index (χ2n) is 4.01. The van der Waals surface area contributed by atoms with E-state index in [9.17, 15) is 4.79 Å². The van der Waals surface area contributed by atoms with Crippen LogP contribution in [0.3, 0.4) is 0 Å². The zero-order chi connectivity index (χ0) is 11.4. The second kappa shape index (κ2) is 4.96. The summed E-state index contributed by atoms with van der Waals surface area (Å²) in [4.78, 5) is 11.4. The monoisotopic (exact) mass is 206 g/mol. The number of aryl methyl sites for hydroxylation is 1. The summed E-state index contributed by atoms with van der Waals surface area (Å²) in [6.07, 6.45) is 0. The minimum absolute atomic E-state index is 0.0993. The van der Waals surface area contributed by atoms with E-state index in [4.69, 9.17) is 4.74 Å². The smallest absolute Gasteiger partial charge is 0.308 e. The molecule has 0 aromatic heterocycles. The van der Waals surface area contributed by atoms with E-state index in [-0.39, 0.29) is 17.8 Å². The summed E-state index contributed by atoms with van der Waals surface area (Å²) in [5, 5.41) is 0. The lowest BCUT2D eigenvalue weighted by atomic mass is 9.89. The number of hydrogen-bond acceptors (Lipinski definition) is 2. The fourth-order valence-electron chi connectivity index (χ4n) is 1.55. The van der Waals surface area contributed by atoms with Gasteiger partial charge in [0.05, 0.1) is 13.0 Å². The minimum Gasteiger partial charge on any atom is -0.469 e. The minimum atomic E-state index is -0.150. The van der Waals surface area contributed by atoms with Gasteiger partial charge in [0.25, 0.3) is 0 Å². The number of hydrogen-bond donors (Lipinski definition) is 0. The zero-order valence-electron chi connectivity index (χ0n) is 9.78. The molecule has 0 saturated heterocycles. The van der Waals surface area contributed by atoms with E-state index >= 15 is 0 Å². The van der Waals surface area contributed by atoms with Gasteiger partial charge in [-0.3, -0.25) is 4.79 Å². The van der Waals surface area contributed by atoms with Crippen molar-refractivity contribution in [2.75, 3.05) is 7.11 Å². The molecule has 0 aliphatic heterocycles. The van der Waals surface area contributed by atoms with E-state index in [1.807, 2.05) is 13.8 Å². The van der Waals surface area contributed by atoms with Gasteiger partial charge < -0.3 is 4.74 Å². The fraction of sp³-hybridized carbons (Fsp3) is 0.462. The lowest BCUT2D eigenvalue weighted by Gasteiger charge is -2.18. The van der Waals surface area contributed by atoms with Crippen molar-refractivity contribution in [1.82, 2.24) is 0 Å². The molecule has 0 N–H and O–H groups in total. The molecule has 0 radical (unpaired) electrons. The maximum Gasteiger partial charge on any atom is 0.308 e. The highest BCUT2D eigenvalue weighted by Crippen LogP contribution is 2.24. The largest absolute Gasteiger partial charge is 0.469 e. The lowest BCUT2D eigenvalue weighted by molar-refractivity contribution is -0.145. The predicted octanol–water partition coefficient (Wildman–Crippen LogP) is 2.91. The molecule has 0 fully saturated rings. The summed E-state index contributed by atoms with van der Waals surface area (Å²) in [5.41, 5.74) is 2.41. The van der Waals surface area contributed by atoms with Crippen LogP contribution in [0.4, 0.5) is 0 Å². The van der Waals surface area contributed by atoms with Gasteiger partial charge in [-0.25, -0.2) is 0 Å². The van der Waals surface area contributed by atoms with Crippen molar-refractivity contribution in [2.45, 2.75) is 26.7 Å². The van der Waals surface area contributed by atoms with Gasteiger partial charge in [0.15, 0.2) is 0 Å². The molecule has 0 spiro atoms. The van der Waals surface area contributed by atoms with E-state index in [0.29, 0.717) is 0 Å². The van der Waals surface area contributed by atoms with E-state index < -0.39 is 0 Å². The Morgan fingerprint density at radius 2 is 1.73 bits per heavy atom. The fourth-order valence-corrected chi connectivity index (χ4v) is 1.55. The van der Waals surface area contributed by atoms with Crippen molar-refractivity contribution in [2.24, 2.45) is 5.92 Å². The lowest BCUT2D eigenvalue weighted by Crippen LogP contribution is -2.18. The van der Waals surface area contributed by atoms with Gasteiger partial charge in [-0.2, -0.15) is 0 Å². The molecule has 1 aromatic rings. The van der Waals surface area contributed by atoms with Crippen molar-refractivity contribution < 1.29 is 9.53 Å². The van der Waals surface area contributed by atoms with Crippen LogP contribution in [0.1, 0.15) is 30.9 Å². The highest BCUT2D eigenvalue weighted by molar-refractivity contribution is 5.73. The van der Waals surface area contributed by atoms with Gasteiger partial charge >= 0.3 is 5.97 Å². The highest BCUT2D eigenvalue weighted by Gasteiger charge is 2.21. The van der Waals surface area contributed by atoms with Gasteiger partial charge in [-0.05, 0) is 18.4 Å². The Kier molecular flexibility index (Phi) is 3.89. The number of benzene rings is 1. The topological polar surface area (TPSA) is 26.3 Å². The van der Waals surface area contributed by atoms with Gasteiger partial charge in [-0.15, -0.1) is 0 Å². The first-order chi connectivity index (χ1) is 7.06. The molecule has 0 heterocycles. The van der Waals surface area contributed by atoms with Crippen LogP contribution in [0.15, 0.2) is 24.3 Å². The van der Waals surface area contributed by atoms with Crippen LogP contribution in [0.2, 0.25) is 0 Å². The van der Waals surface area contributed by atoms with E-state index in [1.165, 1.54) is 18.2 Å². The highest BCUT2D eigenvalue weighted by atomic mass is 16.5. The number of ether oxygens (including phenoxy) is 1. The number of carbonyl (C=O) groups excluding carboxylic acids is 1. The average Bonchev–Trinajstić information content (AvgIpc) is 2.27. The van der Waals surface area contributed by atoms with Crippen LogP contribution in [0, 0.1) is 12.8 Å². The summed E-state index contributed by atoms with van der Waals surface area (Å²) in [7, 11) is 1.43. The molecule has 1 aromatic carbocycles. The summed E-state index contributed by atoms with van der Waals surface area (Å²) in [5.74, 6) is -0.0566. The van der Waals surface area contributed by atoms with Crippen LogP contribution in [-0.4, -0.2) is 13.1 Å². The summed E-state index contributed by atoms with van der Waals surface area (Å²) in [6, 6.07) is 8.27. The quantitative estimate of drug-likeness (QED) is 0.711. The average molecular weight is 206 g/mol. The first-order valence-electron chi connectivity index (χ1n) is 5.20. The van der Waals surface area contributed by atoms with Crippen molar-refractivity contribution in [3.05, 3.63) is 35.4 Å². The molecule has 82 valence electrons. The van der Waals surface area contributed by atoms with E-state index in [2.05, 4.69) is 31.2 Å². The summed E-state index contributed by atoms with van der Waals surface area (Å²) >= 11 is 0. The Bertz CT molecular complexity index is 327. The number of rotatable bonds is 3. The Morgan fingerprint density at radius 1 is 1.20 bits per heavy atom. The number of carbonyl (C=O) groups is 1. The van der Waals surface area contributed by atoms with E-state index in [1.54, 1.807) is 0 Å². The van der Waals surface area contributed by atoms with Gasteiger partial charge in [0, 0.05) is 0 Å². The Labute approximate surface area is 91.3 Å². The SMILES string of the molecule is COC(=O)C(C)C(C)c1ccc(C)cc1. The molecule has 0 bridgehead atoms.